The highest BCUT2D eigenvalue weighted by Crippen LogP contribution is 2.33. The molecule has 0 spiro atoms. The van der Waals surface area contributed by atoms with Crippen LogP contribution in [0.1, 0.15) is 19.4 Å². The minimum atomic E-state index is -4.05. The molecule has 1 unspecified atom stereocenters. The average molecular weight is 478 g/mol. The molecule has 0 radical (unpaired) electrons. The summed E-state index contributed by atoms with van der Waals surface area (Å²) in [4.78, 5) is 16.9. The van der Waals surface area contributed by atoms with Gasteiger partial charge in [-0.2, -0.15) is 4.31 Å². The average Bonchev–Trinajstić information content (AvgIpc) is 3.27. The number of carbonyl (C=O) groups excluding carboxylic acids is 1. The normalized spacial score (nSPS) is 18.9. The highest BCUT2D eigenvalue weighted by atomic mass is 32.2. The summed E-state index contributed by atoms with van der Waals surface area (Å²) in [5.74, 6) is 0.481. The third-order valence-corrected chi connectivity index (χ3v) is 7.93. The van der Waals surface area contributed by atoms with Crippen LogP contribution in [0.2, 0.25) is 0 Å². The largest absolute Gasteiger partial charge is 0.454 e. The zero-order valence-electron chi connectivity index (χ0n) is 18.7. The Morgan fingerprint density at radius 3 is 2.58 bits per heavy atom. The van der Waals surface area contributed by atoms with Crippen molar-refractivity contribution in [1.82, 2.24) is 14.1 Å². The van der Waals surface area contributed by atoms with Crippen LogP contribution < -0.4 is 9.47 Å². The van der Waals surface area contributed by atoms with E-state index in [0.29, 0.717) is 37.7 Å². The molecule has 33 heavy (non-hydrogen) atoms. The molecule has 1 atom stereocenters. The topological polar surface area (TPSA) is 79.4 Å². The van der Waals surface area contributed by atoms with E-state index in [1.165, 1.54) is 22.5 Å². The Morgan fingerprint density at radius 1 is 1.09 bits per heavy atom. The first-order valence-electron chi connectivity index (χ1n) is 11.0. The second-order valence-electron chi connectivity index (χ2n) is 8.02. The van der Waals surface area contributed by atoms with Crippen molar-refractivity contribution >= 4 is 15.9 Å². The van der Waals surface area contributed by atoms with E-state index in [-0.39, 0.29) is 30.7 Å². The van der Waals surface area contributed by atoms with Crippen LogP contribution in [0.3, 0.4) is 0 Å². The van der Waals surface area contributed by atoms with Gasteiger partial charge in [-0.1, -0.05) is 12.1 Å². The van der Waals surface area contributed by atoms with Crippen molar-refractivity contribution in [2.45, 2.75) is 31.3 Å². The maximum absolute atomic E-state index is 13.8. The molecular weight excluding hydrogens is 449 g/mol. The van der Waals surface area contributed by atoms with E-state index in [2.05, 4.69) is 4.90 Å². The molecule has 1 fully saturated rings. The van der Waals surface area contributed by atoms with Crippen LogP contribution in [-0.2, 0) is 21.4 Å². The van der Waals surface area contributed by atoms with E-state index < -0.39 is 21.9 Å². The van der Waals surface area contributed by atoms with E-state index >= 15 is 0 Å². The number of amides is 1. The second kappa shape index (κ2) is 9.66. The van der Waals surface area contributed by atoms with Crippen LogP contribution in [0.4, 0.5) is 4.39 Å². The first-order chi connectivity index (χ1) is 15.8. The molecule has 178 valence electrons. The number of likely N-dealkylation sites (N-methyl/N-ethyl adjacent to an activating group) is 1. The molecule has 0 N–H and O–H groups in total. The lowest BCUT2D eigenvalue weighted by Crippen LogP contribution is -2.60. The molecule has 0 aromatic heterocycles. The number of nitrogens with zero attached hydrogens (tertiary/aromatic N) is 3. The van der Waals surface area contributed by atoms with Gasteiger partial charge in [-0.3, -0.25) is 9.69 Å². The highest BCUT2D eigenvalue weighted by Gasteiger charge is 2.41. The molecule has 2 aromatic rings. The molecule has 8 nitrogen and oxygen atoms in total. The zero-order valence-corrected chi connectivity index (χ0v) is 19.6. The minimum absolute atomic E-state index is 0.126. The van der Waals surface area contributed by atoms with Crippen molar-refractivity contribution in [3.8, 4) is 11.5 Å². The van der Waals surface area contributed by atoms with Crippen LogP contribution in [0.5, 0.6) is 11.5 Å². The van der Waals surface area contributed by atoms with Crippen LogP contribution in [0, 0.1) is 5.82 Å². The number of piperazine rings is 1. The number of carbonyl (C=O) groups is 1. The number of fused-ring (bicyclic) bond motifs is 1. The molecule has 2 heterocycles. The quantitative estimate of drug-likeness (QED) is 0.609. The molecule has 2 aliphatic heterocycles. The first-order valence-corrected chi connectivity index (χ1v) is 12.4. The van der Waals surface area contributed by atoms with Crippen molar-refractivity contribution in [3.05, 3.63) is 53.8 Å². The lowest BCUT2D eigenvalue weighted by Gasteiger charge is -2.41. The Balaban J connectivity index is 1.59. The van der Waals surface area contributed by atoms with Crippen molar-refractivity contribution in [2.24, 2.45) is 0 Å². The van der Waals surface area contributed by atoms with Gasteiger partial charge < -0.3 is 14.4 Å². The second-order valence-corrected chi connectivity index (χ2v) is 9.91. The maximum Gasteiger partial charge on any atom is 0.243 e. The summed E-state index contributed by atoms with van der Waals surface area (Å²) in [7, 11) is -4.05. The summed E-state index contributed by atoms with van der Waals surface area (Å²) in [5, 5.41) is 0. The van der Waals surface area contributed by atoms with E-state index in [4.69, 9.17) is 9.47 Å². The third-order valence-electron chi connectivity index (χ3n) is 6.02. The fourth-order valence-corrected chi connectivity index (χ4v) is 5.86. The van der Waals surface area contributed by atoms with Gasteiger partial charge in [-0.15, -0.1) is 0 Å². The lowest BCUT2D eigenvalue weighted by molar-refractivity contribution is -0.136. The van der Waals surface area contributed by atoms with Crippen molar-refractivity contribution in [3.63, 3.8) is 0 Å². The van der Waals surface area contributed by atoms with Gasteiger partial charge in [-0.25, -0.2) is 12.8 Å². The van der Waals surface area contributed by atoms with Crippen LogP contribution in [-0.4, -0.2) is 74.0 Å². The van der Waals surface area contributed by atoms with E-state index in [1.54, 1.807) is 4.90 Å². The number of halogens is 1. The molecule has 1 saturated heterocycles. The summed E-state index contributed by atoms with van der Waals surface area (Å²) in [5.41, 5.74) is 0.981. The molecule has 10 heteroatoms. The Bertz CT molecular complexity index is 1120. The minimum Gasteiger partial charge on any atom is -0.454 e. The van der Waals surface area contributed by atoms with Gasteiger partial charge in [0.1, 0.15) is 11.9 Å². The van der Waals surface area contributed by atoms with Crippen LogP contribution in [0.15, 0.2) is 47.4 Å². The fraction of sp³-hybridized carbons (Fsp3) is 0.435. The van der Waals surface area contributed by atoms with E-state index in [0.717, 1.165) is 11.6 Å². The summed E-state index contributed by atoms with van der Waals surface area (Å²) < 4.78 is 52.6. The number of benzene rings is 2. The molecule has 0 saturated carbocycles. The Hall–Kier alpha value is -2.69. The third kappa shape index (κ3) is 4.83. The highest BCUT2D eigenvalue weighted by molar-refractivity contribution is 7.89. The zero-order chi connectivity index (χ0) is 23.6. The monoisotopic (exact) mass is 477 g/mol. The Kier molecular flexibility index (Phi) is 6.87. The first kappa shape index (κ1) is 23.5. The van der Waals surface area contributed by atoms with E-state index in [9.17, 15) is 17.6 Å². The summed E-state index contributed by atoms with van der Waals surface area (Å²) >= 11 is 0. The molecule has 0 bridgehead atoms. The molecule has 1 amide bonds. The number of sulfonamides is 1. The predicted octanol–water partition coefficient (Wildman–Crippen LogP) is 2.30. The van der Waals surface area contributed by atoms with E-state index in [1.807, 2.05) is 32.0 Å². The van der Waals surface area contributed by atoms with Gasteiger partial charge in [0.15, 0.2) is 11.5 Å². The van der Waals surface area contributed by atoms with Gasteiger partial charge in [-0.05, 0) is 49.7 Å². The number of ether oxygens (including phenoxy) is 2. The Labute approximate surface area is 193 Å². The van der Waals surface area contributed by atoms with Gasteiger partial charge >= 0.3 is 0 Å². The molecular formula is C23H28FN3O5S. The smallest absolute Gasteiger partial charge is 0.243 e. The van der Waals surface area contributed by atoms with Gasteiger partial charge in [0, 0.05) is 39.3 Å². The number of rotatable bonds is 7. The van der Waals surface area contributed by atoms with Crippen molar-refractivity contribution in [1.29, 1.82) is 0 Å². The van der Waals surface area contributed by atoms with Gasteiger partial charge in [0.05, 0.1) is 4.90 Å². The number of hydrogen-bond donors (Lipinski definition) is 0. The SMILES string of the molecule is CCN(CC)C(=O)C1CN(Cc2ccc3c(c2)OCO3)CCN1S(=O)(=O)c1cccc(F)c1. The molecule has 2 aliphatic rings. The molecule has 2 aromatic carbocycles. The van der Waals surface area contributed by atoms with Crippen LogP contribution in [0.25, 0.3) is 0 Å². The maximum atomic E-state index is 13.8. The fourth-order valence-electron chi connectivity index (χ4n) is 4.26. The van der Waals surface area contributed by atoms with Crippen molar-refractivity contribution < 1.29 is 27.1 Å². The predicted molar refractivity (Wildman–Crippen MR) is 120 cm³/mol. The summed E-state index contributed by atoms with van der Waals surface area (Å²) in [6, 6.07) is 9.69. The Morgan fingerprint density at radius 2 is 1.85 bits per heavy atom. The summed E-state index contributed by atoms with van der Waals surface area (Å²) in [6.07, 6.45) is 0. The number of hydrogen-bond acceptors (Lipinski definition) is 6. The summed E-state index contributed by atoms with van der Waals surface area (Å²) in [6.45, 7) is 6.19. The standard InChI is InChI=1S/C23H28FN3O5S/c1-3-26(4-2)23(28)20-15-25(14-17-8-9-21-22(12-17)32-16-31-21)10-11-27(20)33(29,30)19-7-5-6-18(24)13-19/h5-9,12-13,20H,3-4,10-11,14-16H2,1-2H3. The molecule has 4 rings (SSSR count). The van der Waals surface area contributed by atoms with Gasteiger partial charge in [0.25, 0.3) is 0 Å². The lowest BCUT2D eigenvalue weighted by atomic mass is 10.1. The van der Waals surface area contributed by atoms with Crippen LogP contribution >= 0.6 is 0 Å². The van der Waals surface area contributed by atoms with Gasteiger partial charge in [0.2, 0.25) is 22.7 Å². The van der Waals surface area contributed by atoms with Crippen molar-refractivity contribution in [2.75, 3.05) is 39.5 Å². The molecule has 0 aliphatic carbocycles.